The SMILES string of the molecule is CCCNC(c1ccc(Cl)c(Cl)c1)C(CCC)CCC. The van der Waals surface area contributed by atoms with E-state index in [0.29, 0.717) is 22.0 Å². The van der Waals surface area contributed by atoms with Crippen LogP contribution in [0, 0.1) is 5.92 Å². The van der Waals surface area contributed by atoms with Crippen molar-refractivity contribution in [2.24, 2.45) is 5.92 Å². The third-order valence-corrected chi connectivity index (χ3v) is 4.45. The molecule has 0 aromatic heterocycles. The molecule has 1 atom stereocenters. The highest BCUT2D eigenvalue weighted by molar-refractivity contribution is 6.42. The molecule has 0 spiro atoms. The number of hydrogen-bond acceptors (Lipinski definition) is 1. The van der Waals surface area contributed by atoms with Gasteiger partial charge < -0.3 is 5.32 Å². The Bertz CT molecular complexity index is 387. The Kier molecular flexibility index (Phi) is 8.60. The molecule has 0 radical (unpaired) electrons. The van der Waals surface area contributed by atoms with E-state index in [9.17, 15) is 0 Å². The van der Waals surface area contributed by atoms with E-state index in [2.05, 4.69) is 32.2 Å². The van der Waals surface area contributed by atoms with Gasteiger partial charge in [-0.1, -0.05) is 62.9 Å². The first-order valence-corrected chi connectivity index (χ1v) is 8.57. The fourth-order valence-corrected chi connectivity index (χ4v) is 3.09. The smallest absolute Gasteiger partial charge is 0.0595 e. The van der Waals surface area contributed by atoms with Crippen molar-refractivity contribution in [2.45, 2.75) is 58.9 Å². The molecule has 0 aliphatic carbocycles. The molecule has 1 aromatic carbocycles. The number of hydrogen-bond donors (Lipinski definition) is 1. The van der Waals surface area contributed by atoms with E-state index < -0.39 is 0 Å². The Balaban J connectivity index is 2.98. The van der Waals surface area contributed by atoms with E-state index in [4.69, 9.17) is 23.2 Å². The van der Waals surface area contributed by atoms with E-state index in [0.717, 1.165) is 13.0 Å². The van der Waals surface area contributed by atoms with Crippen molar-refractivity contribution in [2.75, 3.05) is 6.54 Å². The van der Waals surface area contributed by atoms with E-state index in [1.54, 1.807) is 0 Å². The minimum atomic E-state index is 0.379. The summed E-state index contributed by atoms with van der Waals surface area (Å²) in [5.41, 5.74) is 1.26. The standard InChI is InChI=1S/C17H27Cl2N/c1-4-7-13(8-5-2)17(20-11-6-3)14-9-10-15(18)16(19)12-14/h9-10,12-13,17,20H,4-8,11H2,1-3H3. The summed E-state index contributed by atoms with van der Waals surface area (Å²) in [7, 11) is 0. The summed E-state index contributed by atoms with van der Waals surface area (Å²) in [6.07, 6.45) is 6.07. The molecule has 0 saturated heterocycles. The molecule has 0 amide bonds. The average molecular weight is 316 g/mol. The van der Waals surface area contributed by atoms with Crippen molar-refractivity contribution in [1.82, 2.24) is 5.32 Å². The van der Waals surface area contributed by atoms with Crippen molar-refractivity contribution < 1.29 is 0 Å². The molecule has 0 saturated carbocycles. The first kappa shape index (κ1) is 17.8. The minimum absolute atomic E-state index is 0.379. The second-order valence-electron chi connectivity index (χ2n) is 5.44. The molecule has 1 N–H and O–H groups in total. The summed E-state index contributed by atoms with van der Waals surface area (Å²) < 4.78 is 0. The quantitative estimate of drug-likeness (QED) is 0.567. The monoisotopic (exact) mass is 315 g/mol. The van der Waals surface area contributed by atoms with Gasteiger partial charge in [-0.25, -0.2) is 0 Å². The normalized spacial score (nSPS) is 12.9. The lowest BCUT2D eigenvalue weighted by molar-refractivity contribution is 0.316. The number of nitrogens with one attached hydrogen (secondary N) is 1. The summed E-state index contributed by atoms with van der Waals surface area (Å²) in [4.78, 5) is 0. The lowest BCUT2D eigenvalue weighted by Crippen LogP contribution is -2.29. The molecule has 0 bridgehead atoms. The molecular formula is C17H27Cl2N. The Morgan fingerprint density at radius 2 is 1.60 bits per heavy atom. The molecule has 0 aliphatic rings. The molecular weight excluding hydrogens is 289 g/mol. The van der Waals surface area contributed by atoms with Gasteiger partial charge in [-0.2, -0.15) is 0 Å². The third kappa shape index (κ3) is 5.27. The van der Waals surface area contributed by atoms with Gasteiger partial charge in [0.1, 0.15) is 0 Å². The first-order valence-electron chi connectivity index (χ1n) is 7.82. The Morgan fingerprint density at radius 1 is 0.950 bits per heavy atom. The highest BCUT2D eigenvalue weighted by atomic mass is 35.5. The van der Waals surface area contributed by atoms with E-state index in [-0.39, 0.29) is 0 Å². The maximum atomic E-state index is 6.19. The zero-order valence-corrected chi connectivity index (χ0v) is 14.4. The van der Waals surface area contributed by atoms with Crippen LogP contribution in [-0.2, 0) is 0 Å². The van der Waals surface area contributed by atoms with Crippen LogP contribution in [0.4, 0.5) is 0 Å². The average Bonchev–Trinajstić information content (AvgIpc) is 2.43. The summed E-state index contributed by atoms with van der Waals surface area (Å²) in [5, 5.41) is 4.98. The molecule has 114 valence electrons. The molecule has 0 heterocycles. The number of benzene rings is 1. The lowest BCUT2D eigenvalue weighted by Gasteiger charge is -2.28. The highest BCUT2D eigenvalue weighted by Gasteiger charge is 2.21. The molecule has 1 aromatic rings. The predicted octanol–water partition coefficient (Wildman–Crippen LogP) is 6.25. The van der Waals surface area contributed by atoms with Gasteiger partial charge in [0.2, 0.25) is 0 Å². The van der Waals surface area contributed by atoms with Crippen molar-refractivity contribution in [1.29, 1.82) is 0 Å². The lowest BCUT2D eigenvalue weighted by atomic mass is 9.86. The van der Waals surface area contributed by atoms with Crippen LogP contribution in [0.3, 0.4) is 0 Å². The molecule has 1 unspecified atom stereocenters. The third-order valence-electron chi connectivity index (χ3n) is 3.71. The van der Waals surface area contributed by atoms with Crippen LogP contribution in [0.25, 0.3) is 0 Å². The Labute approximate surface area is 134 Å². The zero-order valence-electron chi connectivity index (χ0n) is 12.9. The Hall–Kier alpha value is -0.240. The molecule has 1 nitrogen and oxygen atoms in total. The van der Waals surface area contributed by atoms with Gasteiger partial charge in [0.25, 0.3) is 0 Å². The molecule has 3 heteroatoms. The van der Waals surface area contributed by atoms with Crippen molar-refractivity contribution in [3.63, 3.8) is 0 Å². The highest BCUT2D eigenvalue weighted by Crippen LogP contribution is 2.33. The second kappa shape index (κ2) is 9.65. The number of rotatable bonds is 9. The molecule has 20 heavy (non-hydrogen) atoms. The van der Waals surface area contributed by atoms with Crippen LogP contribution in [-0.4, -0.2) is 6.54 Å². The van der Waals surface area contributed by atoms with Crippen LogP contribution in [0.1, 0.15) is 64.5 Å². The van der Waals surface area contributed by atoms with Crippen LogP contribution >= 0.6 is 23.2 Å². The molecule has 1 rings (SSSR count). The van der Waals surface area contributed by atoms with Gasteiger partial charge in [0, 0.05) is 6.04 Å². The summed E-state index contributed by atoms with van der Waals surface area (Å²) >= 11 is 12.2. The fourth-order valence-electron chi connectivity index (χ4n) is 2.78. The van der Waals surface area contributed by atoms with E-state index in [1.165, 1.54) is 31.2 Å². The van der Waals surface area contributed by atoms with Crippen LogP contribution in [0.15, 0.2) is 18.2 Å². The Morgan fingerprint density at radius 3 is 2.10 bits per heavy atom. The zero-order chi connectivity index (χ0) is 15.0. The van der Waals surface area contributed by atoms with Crippen LogP contribution in [0.2, 0.25) is 10.0 Å². The minimum Gasteiger partial charge on any atom is -0.310 e. The van der Waals surface area contributed by atoms with Gasteiger partial charge in [-0.3, -0.25) is 0 Å². The van der Waals surface area contributed by atoms with Crippen molar-refractivity contribution in [3.8, 4) is 0 Å². The number of halogens is 2. The fraction of sp³-hybridized carbons (Fsp3) is 0.647. The van der Waals surface area contributed by atoms with Crippen LogP contribution in [0.5, 0.6) is 0 Å². The van der Waals surface area contributed by atoms with Crippen molar-refractivity contribution in [3.05, 3.63) is 33.8 Å². The van der Waals surface area contributed by atoms with Crippen molar-refractivity contribution >= 4 is 23.2 Å². The van der Waals surface area contributed by atoms with E-state index in [1.807, 2.05) is 12.1 Å². The predicted molar refractivity (Wildman–Crippen MR) is 90.8 cm³/mol. The largest absolute Gasteiger partial charge is 0.310 e. The summed E-state index contributed by atoms with van der Waals surface area (Å²) in [6.45, 7) is 7.76. The first-order chi connectivity index (χ1) is 9.63. The van der Waals surface area contributed by atoms with Gasteiger partial charge >= 0.3 is 0 Å². The van der Waals surface area contributed by atoms with E-state index >= 15 is 0 Å². The van der Waals surface area contributed by atoms with Gasteiger partial charge in [0.15, 0.2) is 0 Å². The molecule has 0 fully saturated rings. The van der Waals surface area contributed by atoms with Crippen LogP contribution < -0.4 is 5.32 Å². The summed E-state index contributed by atoms with van der Waals surface area (Å²) in [5.74, 6) is 0.661. The molecule has 0 aliphatic heterocycles. The maximum Gasteiger partial charge on any atom is 0.0595 e. The second-order valence-corrected chi connectivity index (χ2v) is 6.26. The van der Waals surface area contributed by atoms with Gasteiger partial charge in [-0.15, -0.1) is 0 Å². The van der Waals surface area contributed by atoms with Gasteiger partial charge in [-0.05, 0) is 49.4 Å². The van der Waals surface area contributed by atoms with Gasteiger partial charge in [0.05, 0.1) is 10.0 Å². The maximum absolute atomic E-state index is 6.19. The summed E-state index contributed by atoms with van der Waals surface area (Å²) in [6, 6.07) is 6.43. The topological polar surface area (TPSA) is 12.0 Å².